The monoisotopic (exact) mass is 439 g/mol. The molecule has 32 heavy (non-hydrogen) atoms. The summed E-state index contributed by atoms with van der Waals surface area (Å²) in [6.07, 6.45) is 0.690. The second-order valence-electron chi connectivity index (χ2n) is 8.46. The number of hydrazone groups is 1. The minimum absolute atomic E-state index is 0.0238. The minimum Gasteiger partial charge on any atom is -0.497 e. The Morgan fingerprint density at radius 3 is 2.53 bits per heavy atom. The Kier molecular flexibility index (Phi) is 5.60. The van der Waals surface area contributed by atoms with Gasteiger partial charge in [-0.05, 0) is 50.1 Å². The minimum atomic E-state index is -0.567. The van der Waals surface area contributed by atoms with Crippen LogP contribution in [-0.2, 0) is 4.74 Å². The number of amides is 1. The predicted molar refractivity (Wildman–Crippen MR) is 117 cm³/mol. The molecule has 2 aliphatic rings. The summed E-state index contributed by atoms with van der Waals surface area (Å²) >= 11 is 0. The van der Waals surface area contributed by atoms with Crippen LogP contribution in [0.2, 0.25) is 0 Å². The number of carbonyl (C=O) groups is 1. The third-order valence-corrected chi connectivity index (χ3v) is 5.92. The Morgan fingerprint density at radius 2 is 1.91 bits per heavy atom. The summed E-state index contributed by atoms with van der Waals surface area (Å²) in [5.41, 5.74) is 1.24. The summed E-state index contributed by atoms with van der Waals surface area (Å²) in [5, 5.41) is 17.5. The molecule has 1 saturated heterocycles. The molecule has 0 saturated carbocycles. The van der Waals surface area contributed by atoms with E-state index in [1.165, 1.54) is 30.3 Å². The standard InChI is InChI=1S/C23H25N3O6/c1-23(2)12-17-18(13-32-23)24-25(21(17)14-5-8-16(30-3)9-6-14)22(27)15-7-10-20(31-4)19(11-15)26(28)29/h5-11,17,21H,12-13H2,1-4H3/t17-,21-/m1/s1. The summed E-state index contributed by atoms with van der Waals surface area (Å²) in [7, 11) is 2.95. The number of hydrogen-bond donors (Lipinski definition) is 0. The predicted octanol–water partition coefficient (Wildman–Crippen LogP) is 3.98. The van der Waals surface area contributed by atoms with Crippen LogP contribution in [-0.4, -0.2) is 48.0 Å². The molecule has 2 heterocycles. The zero-order valence-electron chi connectivity index (χ0n) is 18.4. The number of benzene rings is 2. The molecule has 4 rings (SSSR count). The van der Waals surface area contributed by atoms with Crippen molar-refractivity contribution >= 4 is 17.3 Å². The number of methoxy groups -OCH3 is 2. The highest BCUT2D eigenvalue weighted by molar-refractivity contribution is 6.00. The molecule has 168 valence electrons. The van der Waals surface area contributed by atoms with Gasteiger partial charge in [-0.25, -0.2) is 5.01 Å². The number of rotatable bonds is 5. The topological polar surface area (TPSA) is 104 Å². The number of fused-ring (bicyclic) bond motifs is 1. The molecule has 1 fully saturated rings. The number of hydrogen-bond acceptors (Lipinski definition) is 7. The molecule has 0 bridgehead atoms. The fourth-order valence-corrected chi connectivity index (χ4v) is 4.29. The van der Waals surface area contributed by atoms with Crippen molar-refractivity contribution in [3.05, 3.63) is 63.7 Å². The van der Waals surface area contributed by atoms with Gasteiger partial charge < -0.3 is 14.2 Å². The van der Waals surface area contributed by atoms with Crippen LogP contribution in [0.3, 0.4) is 0 Å². The maximum atomic E-state index is 13.5. The van der Waals surface area contributed by atoms with Crippen LogP contribution < -0.4 is 9.47 Å². The van der Waals surface area contributed by atoms with Crippen molar-refractivity contribution in [3.63, 3.8) is 0 Å². The molecular weight excluding hydrogens is 414 g/mol. The van der Waals surface area contributed by atoms with E-state index < -0.39 is 10.8 Å². The van der Waals surface area contributed by atoms with Crippen LogP contribution in [0.15, 0.2) is 47.6 Å². The van der Waals surface area contributed by atoms with Gasteiger partial charge in [-0.2, -0.15) is 5.10 Å². The largest absolute Gasteiger partial charge is 0.497 e. The average Bonchev–Trinajstić information content (AvgIpc) is 3.15. The molecule has 1 amide bonds. The molecule has 0 radical (unpaired) electrons. The number of ether oxygens (including phenoxy) is 3. The quantitative estimate of drug-likeness (QED) is 0.516. The molecule has 9 heteroatoms. The fraction of sp³-hybridized carbons (Fsp3) is 0.391. The first-order valence-electron chi connectivity index (χ1n) is 10.3. The zero-order chi connectivity index (χ0) is 23.0. The van der Waals surface area contributed by atoms with Crippen molar-refractivity contribution in [2.75, 3.05) is 20.8 Å². The van der Waals surface area contributed by atoms with Gasteiger partial charge in [-0.1, -0.05) is 12.1 Å². The maximum Gasteiger partial charge on any atom is 0.311 e. The van der Waals surface area contributed by atoms with Crippen LogP contribution in [0.5, 0.6) is 11.5 Å². The summed E-state index contributed by atoms with van der Waals surface area (Å²) in [4.78, 5) is 24.4. The summed E-state index contributed by atoms with van der Waals surface area (Å²) in [6, 6.07) is 11.3. The van der Waals surface area contributed by atoms with E-state index in [1.54, 1.807) is 7.11 Å². The molecule has 2 aromatic carbocycles. The average molecular weight is 439 g/mol. The first-order valence-corrected chi connectivity index (χ1v) is 10.3. The lowest BCUT2D eigenvalue weighted by Crippen LogP contribution is -2.41. The van der Waals surface area contributed by atoms with Crippen LogP contribution >= 0.6 is 0 Å². The van der Waals surface area contributed by atoms with Gasteiger partial charge >= 0.3 is 5.69 Å². The van der Waals surface area contributed by atoms with Crippen LogP contribution in [0.1, 0.15) is 42.2 Å². The smallest absolute Gasteiger partial charge is 0.311 e. The van der Waals surface area contributed by atoms with Gasteiger partial charge in [0.1, 0.15) is 5.75 Å². The van der Waals surface area contributed by atoms with E-state index in [0.717, 1.165) is 11.3 Å². The molecule has 2 aliphatic heterocycles. The van der Waals surface area contributed by atoms with E-state index in [-0.39, 0.29) is 34.6 Å². The molecule has 9 nitrogen and oxygen atoms in total. The highest BCUT2D eigenvalue weighted by atomic mass is 16.6. The molecule has 2 aromatic rings. The molecule has 0 N–H and O–H groups in total. The Hall–Kier alpha value is -3.46. The van der Waals surface area contributed by atoms with E-state index in [2.05, 4.69) is 5.10 Å². The molecular formula is C23H25N3O6. The van der Waals surface area contributed by atoms with Crippen molar-refractivity contribution in [1.82, 2.24) is 5.01 Å². The highest BCUT2D eigenvalue weighted by Crippen LogP contribution is 2.44. The van der Waals surface area contributed by atoms with Crippen molar-refractivity contribution in [2.45, 2.75) is 31.9 Å². The van der Waals surface area contributed by atoms with Gasteiger partial charge in [0.2, 0.25) is 0 Å². The Morgan fingerprint density at radius 1 is 1.19 bits per heavy atom. The van der Waals surface area contributed by atoms with E-state index in [9.17, 15) is 14.9 Å². The van der Waals surface area contributed by atoms with E-state index in [4.69, 9.17) is 14.2 Å². The van der Waals surface area contributed by atoms with Gasteiger partial charge in [0.05, 0.1) is 43.1 Å². The Balaban J connectivity index is 1.75. The van der Waals surface area contributed by atoms with Gasteiger partial charge in [0.15, 0.2) is 5.75 Å². The van der Waals surface area contributed by atoms with Gasteiger partial charge in [-0.3, -0.25) is 14.9 Å². The van der Waals surface area contributed by atoms with Crippen LogP contribution in [0.25, 0.3) is 0 Å². The van der Waals surface area contributed by atoms with Gasteiger partial charge in [0.25, 0.3) is 5.91 Å². The first kappa shape index (κ1) is 21.8. The lowest BCUT2D eigenvalue weighted by Gasteiger charge is -2.37. The second kappa shape index (κ2) is 8.23. The van der Waals surface area contributed by atoms with E-state index in [0.29, 0.717) is 18.8 Å². The van der Waals surface area contributed by atoms with Crippen molar-refractivity contribution in [2.24, 2.45) is 11.0 Å². The molecule has 0 unspecified atom stereocenters. The van der Waals surface area contributed by atoms with E-state index >= 15 is 0 Å². The molecule has 0 aliphatic carbocycles. The molecule has 0 aromatic heterocycles. The SMILES string of the molecule is COc1ccc([C@@H]2[C@@H]3CC(C)(C)OCC3=NN2C(=O)c2ccc(OC)c([N+](=O)[O-])c2)cc1. The third kappa shape index (κ3) is 3.91. The van der Waals surface area contributed by atoms with Gasteiger partial charge in [0, 0.05) is 17.5 Å². The summed E-state index contributed by atoms with van der Waals surface area (Å²) < 4.78 is 16.2. The third-order valence-electron chi connectivity index (χ3n) is 5.92. The van der Waals surface area contributed by atoms with Crippen LogP contribution in [0.4, 0.5) is 5.69 Å². The Labute approximate surface area is 185 Å². The van der Waals surface area contributed by atoms with Crippen molar-refractivity contribution < 1.29 is 23.9 Å². The second-order valence-corrected chi connectivity index (χ2v) is 8.46. The van der Waals surface area contributed by atoms with Gasteiger partial charge in [-0.15, -0.1) is 0 Å². The summed E-state index contributed by atoms with van der Waals surface area (Å²) in [6.45, 7) is 4.37. The lowest BCUT2D eigenvalue weighted by atomic mass is 9.80. The lowest BCUT2D eigenvalue weighted by molar-refractivity contribution is -0.385. The highest BCUT2D eigenvalue weighted by Gasteiger charge is 2.47. The maximum absolute atomic E-state index is 13.5. The van der Waals surface area contributed by atoms with E-state index in [1.807, 2.05) is 38.1 Å². The zero-order valence-corrected chi connectivity index (χ0v) is 18.4. The summed E-state index contributed by atoms with van der Waals surface area (Å²) in [5.74, 6) is 0.360. The van der Waals surface area contributed by atoms with Crippen LogP contribution in [0, 0.1) is 16.0 Å². The number of carbonyl (C=O) groups excluding carboxylic acids is 1. The molecule has 0 spiro atoms. The normalized spacial score (nSPS) is 21.5. The van der Waals surface area contributed by atoms with Crippen molar-refractivity contribution in [3.8, 4) is 11.5 Å². The fourth-order valence-electron chi connectivity index (χ4n) is 4.29. The number of nitro benzene ring substituents is 1. The number of nitro groups is 1. The van der Waals surface area contributed by atoms with Crippen molar-refractivity contribution in [1.29, 1.82) is 0 Å². The molecule has 2 atom stereocenters. The number of nitrogens with zero attached hydrogens (tertiary/aromatic N) is 3. The first-order chi connectivity index (χ1) is 15.2. The Bertz CT molecular complexity index is 1080.